The number of benzene rings is 1. The van der Waals surface area contributed by atoms with Gasteiger partial charge in [0.15, 0.2) is 17.2 Å². The van der Waals surface area contributed by atoms with Crippen LogP contribution in [0.2, 0.25) is 0 Å². The second kappa shape index (κ2) is 11.2. The summed E-state index contributed by atoms with van der Waals surface area (Å²) < 4.78 is 7.62. The van der Waals surface area contributed by atoms with E-state index >= 15 is 0 Å². The molecular formula is C27H40N8O3. The molecule has 1 aliphatic rings. The number of imidazole rings is 1. The van der Waals surface area contributed by atoms with Crippen LogP contribution in [-0.4, -0.2) is 73.9 Å². The van der Waals surface area contributed by atoms with Crippen LogP contribution in [0.5, 0.6) is 0 Å². The molecule has 1 fully saturated rings. The number of hydrogen-bond donors (Lipinski definition) is 4. The number of aromatic nitrogens is 4. The van der Waals surface area contributed by atoms with Gasteiger partial charge in [-0.15, -0.1) is 0 Å². The Balaban J connectivity index is 1.24. The van der Waals surface area contributed by atoms with Gasteiger partial charge >= 0.3 is 6.03 Å². The molecule has 2 unspecified atom stereocenters. The molecule has 5 N–H and O–H groups in total. The highest BCUT2D eigenvalue weighted by Gasteiger charge is 2.42. The van der Waals surface area contributed by atoms with Gasteiger partial charge in [-0.3, -0.25) is 9.47 Å². The number of ether oxygens (including phenoxy) is 1. The highest BCUT2D eigenvalue weighted by Crippen LogP contribution is 2.32. The Bertz CT molecular complexity index is 1240. The molecule has 0 bridgehead atoms. The number of nitrogens with zero attached hydrogens (tertiary/aromatic N) is 5. The van der Waals surface area contributed by atoms with E-state index in [0.29, 0.717) is 30.7 Å². The maximum Gasteiger partial charge on any atom is 0.319 e. The number of amides is 2. The maximum atomic E-state index is 12.3. The fourth-order valence-corrected chi connectivity index (χ4v) is 4.71. The number of carbonyl (C=O) groups is 1. The van der Waals surface area contributed by atoms with E-state index in [4.69, 9.17) is 10.5 Å². The Kier molecular flexibility index (Phi) is 8.19. The number of nitrogen functional groups attached to an aromatic ring is 1. The lowest BCUT2D eigenvalue weighted by atomic mass is 9.87. The monoisotopic (exact) mass is 524 g/mol. The van der Waals surface area contributed by atoms with Crippen LogP contribution >= 0.6 is 0 Å². The number of nitrogens with one attached hydrogen (secondary N) is 2. The zero-order valence-corrected chi connectivity index (χ0v) is 22.9. The van der Waals surface area contributed by atoms with Crippen LogP contribution in [0.4, 0.5) is 16.3 Å². The minimum absolute atomic E-state index is 0.0720. The average molecular weight is 525 g/mol. The number of rotatable bonds is 9. The van der Waals surface area contributed by atoms with Crippen LogP contribution in [-0.2, 0) is 15.9 Å². The van der Waals surface area contributed by atoms with E-state index in [1.807, 2.05) is 24.3 Å². The second-order valence-electron chi connectivity index (χ2n) is 11.3. The van der Waals surface area contributed by atoms with Gasteiger partial charge in [0.05, 0.1) is 19.0 Å². The smallest absolute Gasteiger partial charge is 0.319 e. The molecular weight excluding hydrogens is 484 g/mol. The van der Waals surface area contributed by atoms with Crippen LogP contribution < -0.4 is 16.4 Å². The summed E-state index contributed by atoms with van der Waals surface area (Å²) >= 11 is 0. The van der Waals surface area contributed by atoms with Gasteiger partial charge in [-0.1, -0.05) is 32.9 Å². The molecule has 206 valence electrons. The van der Waals surface area contributed by atoms with Gasteiger partial charge in [0.1, 0.15) is 11.8 Å². The van der Waals surface area contributed by atoms with Gasteiger partial charge in [-0.2, -0.15) is 0 Å². The highest BCUT2D eigenvalue weighted by molar-refractivity contribution is 5.89. The minimum atomic E-state index is -1.26. The van der Waals surface area contributed by atoms with Crippen molar-refractivity contribution in [3.8, 4) is 0 Å². The summed E-state index contributed by atoms with van der Waals surface area (Å²) in [7, 11) is 0. The Morgan fingerprint density at radius 2 is 2.00 bits per heavy atom. The van der Waals surface area contributed by atoms with Gasteiger partial charge in [-0.05, 0) is 43.4 Å². The third kappa shape index (κ3) is 6.40. The zero-order chi connectivity index (χ0) is 27.5. The second-order valence-corrected chi connectivity index (χ2v) is 11.3. The summed E-state index contributed by atoms with van der Waals surface area (Å²) in [6, 6.07) is 8.01. The van der Waals surface area contributed by atoms with Gasteiger partial charge in [0, 0.05) is 37.8 Å². The Morgan fingerprint density at radius 3 is 2.68 bits per heavy atom. The molecule has 0 spiro atoms. The molecule has 3 heterocycles. The quantitative estimate of drug-likeness (QED) is 0.313. The van der Waals surface area contributed by atoms with E-state index in [-0.39, 0.29) is 36.0 Å². The predicted octanol–water partition coefficient (Wildman–Crippen LogP) is 3.06. The first-order chi connectivity index (χ1) is 18.0. The average Bonchev–Trinajstić information content (AvgIpc) is 3.46. The summed E-state index contributed by atoms with van der Waals surface area (Å²) in [6.07, 6.45) is 3.93. The number of urea groups is 1. The zero-order valence-electron chi connectivity index (χ0n) is 22.9. The van der Waals surface area contributed by atoms with Gasteiger partial charge in [0.2, 0.25) is 0 Å². The molecule has 11 heteroatoms. The summed E-state index contributed by atoms with van der Waals surface area (Å²) in [5, 5.41) is 17.2. The van der Waals surface area contributed by atoms with Crippen molar-refractivity contribution in [1.29, 1.82) is 0 Å². The molecule has 11 nitrogen and oxygen atoms in total. The van der Waals surface area contributed by atoms with Crippen molar-refractivity contribution in [3.63, 3.8) is 0 Å². The van der Waals surface area contributed by atoms with Crippen LogP contribution in [0.3, 0.4) is 0 Å². The number of fused-ring (bicyclic) bond motifs is 1. The predicted molar refractivity (Wildman–Crippen MR) is 148 cm³/mol. The molecule has 4 rings (SSSR count). The lowest BCUT2D eigenvalue weighted by Crippen LogP contribution is -2.40. The van der Waals surface area contributed by atoms with Gasteiger partial charge < -0.3 is 26.2 Å². The van der Waals surface area contributed by atoms with E-state index in [1.165, 1.54) is 18.2 Å². The van der Waals surface area contributed by atoms with Crippen molar-refractivity contribution in [2.45, 2.75) is 70.7 Å². The van der Waals surface area contributed by atoms with E-state index in [1.54, 1.807) is 4.57 Å². The molecule has 1 aromatic carbocycles. The maximum absolute atomic E-state index is 12.3. The van der Waals surface area contributed by atoms with E-state index in [0.717, 1.165) is 18.7 Å². The molecule has 1 aliphatic heterocycles. The van der Waals surface area contributed by atoms with E-state index in [2.05, 4.69) is 65.1 Å². The van der Waals surface area contributed by atoms with Gasteiger partial charge in [-0.25, -0.2) is 19.7 Å². The Hall–Kier alpha value is -3.28. The number of carbonyl (C=O) groups excluding carboxylic acids is 1. The first-order valence-corrected chi connectivity index (χ1v) is 13.1. The molecule has 2 atom stereocenters. The minimum Gasteiger partial charge on any atom is -0.382 e. The number of aliphatic hydroxyl groups is 1. The van der Waals surface area contributed by atoms with Crippen molar-refractivity contribution in [2.24, 2.45) is 0 Å². The molecule has 0 radical (unpaired) electrons. The molecule has 0 saturated carbocycles. The summed E-state index contributed by atoms with van der Waals surface area (Å²) in [4.78, 5) is 27.1. The summed E-state index contributed by atoms with van der Waals surface area (Å²) in [5.74, 6) is 0.277. The molecule has 1 saturated heterocycles. The van der Waals surface area contributed by atoms with E-state index in [9.17, 15) is 9.90 Å². The van der Waals surface area contributed by atoms with Crippen molar-refractivity contribution in [3.05, 3.63) is 42.5 Å². The third-order valence-electron chi connectivity index (χ3n) is 7.00. The fraction of sp³-hybridized carbons (Fsp3) is 0.556. The van der Waals surface area contributed by atoms with Crippen molar-refractivity contribution < 1.29 is 14.6 Å². The summed E-state index contributed by atoms with van der Waals surface area (Å²) in [5.41, 5.74) is 7.65. The van der Waals surface area contributed by atoms with Crippen molar-refractivity contribution >= 4 is 28.7 Å². The number of anilines is 2. The molecule has 2 aromatic heterocycles. The fourth-order valence-electron chi connectivity index (χ4n) is 4.71. The Morgan fingerprint density at radius 1 is 1.26 bits per heavy atom. The molecule has 3 aromatic rings. The van der Waals surface area contributed by atoms with Crippen LogP contribution in [0, 0.1) is 0 Å². The standard InChI is InChI=1S/C27H40N8O3/c1-18(2)34(12-6-11-29-25(36)33-20-9-7-19(8-10-20)26(3,4)5)14-21-13-27(37,15-38-21)35-17-32-22-23(28)30-16-31-24(22)35/h7-10,16-18,21,37H,6,11-15H2,1-5H3,(H2,28,30,31)(H2,29,33,36). The first-order valence-electron chi connectivity index (χ1n) is 13.1. The van der Waals surface area contributed by atoms with Gasteiger partial charge in [0.25, 0.3) is 0 Å². The topological polar surface area (TPSA) is 143 Å². The number of hydrogen-bond acceptors (Lipinski definition) is 8. The lowest BCUT2D eigenvalue weighted by molar-refractivity contribution is -0.0414. The third-order valence-corrected chi connectivity index (χ3v) is 7.00. The van der Waals surface area contributed by atoms with Crippen LogP contribution in [0.15, 0.2) is 36.9 Å². The Labute approximate surface area is 223 Å². The van der Waals surface area contributed by atoms with Crippen molar-refractivity contribution in [2.75, 3.05) is 37.3 Å². The SMILES string of the molecule is CC(C)N(CCCNC(=O)Nc1ccc(C(C)(C)C)cc1)CC1CC(O)(n2cnc3c(N)ncnc32)CO1. The first kappa shape index (κ1) is 27.7. The molecule has 0 aliphatic carbocycles. The lowest BCUT2D eigenvalue weighted by Gasteiger charge is -2.29. The van der Waals surface area contributed by atoms with Crippen molar-refractivity contribution in [1.82, 2.24) is 29.7 Å². The summed E-state index contributed by atoms with van der Waals surface area (Å²) in [6.45, 7) is 12.9. The largest absolute Gasteiger partial charge is 0.382 e. The molecule has 2 amide bonds. The highest BCUT2D eigenvalue weighted by atomic mass is 16.5. The van der Waals surface area contributed by atoms with Crippen LogP contribution in [0.1, 0.15) is 53.0 Å². The molecule has 38 heavy (non-hydrogen) atoms. The normalized spacial score (nSPS) is 19.9. The van der Waals surface area contributed by atoms with E-state index < -0.39 is 5.72 Å². The number of nitrogens with two attached hydrogens (primary N) is 1. The van der Waals surface area contributed by atoms with Crippen LogP contribution in [0.25, 0.3) is 11.2 Å².